The highest BCUT2D eigenvalue weighted by Crippen LogP contribution is 2.18. The van der Waals surface area contributed by atoms with Gasteiger partial charge >= 0.3 is 0 Å². The molecule has 0 unspecified atom stereocenters. The Labute approximate surface area is 73.5 Å². The van der Waals surface area contributed by atoms with Gasteiger partial charge in [0.15, 0.2) is 0 Å². The summed E-state index contributed by atoms with van der Waals surface area (Å²) in [7, 11) is 0. The third-order valence-electron chi connectivity index (χ3n) is 2.03. The van der Waals surface area contributed by atoms with Gasteiger partial charge in [-0.2, -0.15) is 0 Å². The van der Waals surface area contributed by atoms with Crippen molar-refractivity contribution in [3.05, 3.63) is 0 Å². The molecule has 1 rings (SSSR count). The first-order chi connectivity index (χ1) is 5.16. The molecule has 0 aromatic carbocycles. The normalized spacial score (nSPS) is 24.5. The first-order valence-electron chi connectivity index (χ1n) is 4.12. The third-order valence-corrected chi connectivity index (χ3v) is 2.36. The first kappa shape index (κ1) is 8.78. The van der Waals surface area contributed by atoms with Crippen molar-refractivity contribution < 1.29 is 4.74 Å². The highest BCUT2D eigenvalue weighted by Gasteiger charge is 2.29. The Kier molecular flexibility index (Phi) is 2.71. The molecule has 1 saturated heterocycles. The van der Waals surface area contributed by atoms with Crippen molar-refractivity contribution in [1.82, 2.24) is 4.90 Å². The molecule has 0 radical (unpaired) electrons. The topological polar surface area (TPSA) is 12.5 Å². The van der Waals surface area contributed by atoms with Crippen molar-refractivity contribution in [2.45, 2.75) is 39.3 Å². The second kappa shape index (κ2) is 3.39. The molecule has 2 nitrogen and oxygen atoms in total. The van der Waals surface area contributed by atoms with Crippen molar-refractivity contribution in [1.29, 1.82) is 0 Å². The van der Waals surface area contributed by atoms with Gasteiger partial charge in [-0.1, -0.05) is 6.92 Å². The molecule has 0 saturated carbocycles. The van der Waals surface area contributed by atoms with Gasteiger partial charge in [0.25, 0.3) is 5.17 Å². The van der Waals surface area contributed by atoms with Crippen LogP contribution in [0.4, 0.5) is 0 Å². The van der Waals surface area contributed by atoms with E-state index in [-0.39, 0.29) is 0 Å². The lowest BCUT2D eigenvalue weighted by Crippen LogP contribution is -2.38. The van der Waals surface area contributed by atoms with Crippen molar-refractivity contribution in [2.24, 2.45) is 0 Å². The molecule has 0 N–H and O–H groups in total. The molecule has 11 heavy (non-hydrogen) atoms. The van der Waals surface area contributed by atoms with E-state index < -0.39 is 0 Å². The van der Waals surface area contributed by atoms with Crippen LogP contribution in [0.5, 0.6) is 0 Å². The van der Waals surface area contributed by atoms with E-state index in [0.29, 0.717) is 17.3 Å². The van der Waals surface area contributed by atoms with Gasteiger partial charge in [0.2, 0.25) is 0 Å². The summed E-state index contributed by atoms with van der Waals surface area (Å²) in [5, 5.41) is 0.673. The van der Waals surface area contributed by atoms with Crippen LogP contribution in [0.2, 0.25) is 0 Å². The van der Waals surface area contributed by atoms with Gasteiger partial charge in [-0.25, -0.2) is 0 Å². The molecule has 0 amide bonds. The molecular formula is C8H15NOS. The van der Waals surface area contributed by atoms with Crippen LogP contribution >= 0.6 is 12.2 Å². The largest absolute Gasteiger partial charge is 0.469 e. The van der Waals surface area contributed by atoms with Crippen LogP contribution in [-0.2, 0) is 4.74 Å². The van der Waals surface area contributed by atoms with Crippen LogP contribution in [0.15, 0.2) is 0 Å². The predicted molar refractivity (Wildman–Crippen MR) is 49.6 cm³/mol. The molecular weight excluding hydrogens is 158 g/mol. The number of hydrogen-bond acceptors (Lipinski definition) is 2. The molecule has 64 valence electrons. The molecule has 0 aromatic heterocycles. The van der Waals surface area contributed by atoms with Gasteiger partial charge in [-0.15, -0.1) is 0 Å². The molecule has 1 aliphatic heterocycles. The second-order valence-electron chi connectivity index (χ2n) is 3.14. The minimum absolute atomic E-state index is 0.468. The van der Waals surface area contributed by atoms with Crippen molar-refractivity contribution in [3.8, 4) is 0 Å². The summed E-state index contributed by atoms with van der Waals surface area (Å²) in [6.45, 7) is 7.22. The summed E-state index contributed by atoms with van der Waals surface area (Å²) in [4.78, 5) is 2.18. The van der Waals surface area contributed by atoms with Gasteiger partial charge < -0.3 is 9.64 Å². The summed E-state index contributed by atoms with van der Waals surface area (Å²) in [6, 6.07) is 0.970. The fourth-order valence-electron chi connectivity index (χ4n) is 1.42. The molecule has 0 aliphatic carbocycles. The second-order valence-corrected chi connectivity index (χ2v) is 3.49. The Morgan fingerprint density at radius 1 is 1.73 bits per heavy atom. The number of thiocarbonyl (C=S) groups is 1. The van der Waals surface area contributed by atoms with E-state index >= 15 is 0 Å². The van der Waals surface area contributed by atoms with E-state index in [1.165, 1.54) is 0 Å². The summed E-state index contributed by atoms with van der Waals surface area (Å²) < 4.78 is 5.29. The van der Waals surface area contributed by atoms with Gasteiger partial charge in [-0.05, 0) is 32.5 Å². The number of nitrogens with zero attached hydrogens (tertiary/aromatic N) is 1. The Hall–Kier alpha value is -0.310. The van der Waals surface area contributed by atoms with Crippen LogP contribution in [0.1, 0.15) is 27.2 Å². The minimum Gasteiger partial charge on any atom is -0.469 e. The van der Waals surface area contributed by atoms with E-state index in [4.69, 9.17) is 17.0 Å². The van der Waals surface area contributed by atoms with Crippen LogP contribution < -0.4 is 0 Å². The zero-order chi connectivity index (χ0) is 8.43. The molecule has 0 bridgehead atoms. The summed E-state index contributed by atoms with van der Waals surface area (Å²) >= 11 is 5.06. The summed E-state index contributed by atoms with van der Waals surface area (Å²) in [5.74, 6) is 0. The quantitative estimate of drug-likeness (QED) is 0.591. The van der Waals surface area contributed by atoms with E-state index in [2.05, 4.69) is 25.7 Å². The minimum atomic E-state index is 0.468. The smallest absolute Gasteiger partial charge is 0.259 e. The highest BCUT2D eigenvalue weighted by molar-refractivity contribution is 7.80. The lowest BCUT2D eigenvalue weighted by Gasteiger charge is -2.25. The monoisotopic (exact) mass is 173 g/mol. The third kappa shape index (κ3) is 1.64. The van der Waals surface area contributed by atoms with Crippen molar-refractivity contribution in [3.63, 3.8) is 0 Å². The van der Waals surface area contributed by atoms with E-state index in [9.17, 15) is 0 Å². The fraction of sp³-hybridized carbons (Fsp3) is 0.875. The molecule has 3 heteroatoms. The van der Waals surface area contributed by atoms with Crippen LogP contribution in [0, 0.1) is 0 Å². The Bertz CT molecular complexity index is 158. The van der Waals surface area contributed by atoms with Gasteiger partial charge in [0.05, 0.1) is 6.04 Å². The molecule has 1 heterocycles. The van der Waals surface area contributed by atoms with Crippen LogP contribution in [0.25, 0.3) is 0 Å². The van der Waals surface area contributed by atoms with Crippen molar-refractivity contribution >= 4 is 17.4 Å². The van der Waals surface area contributed by atoms with E-state index in [0.717, 1.165) is 13.0 Å². The molecule has 1 fully saturated rings. The number of hydrogen-bond donors (Lipinski definition) is 0. The summed E-state index contributed by atoms with van der Waals surface area (Å²) in [6.07, 6.45) is 1.11. The lowest BCUT2D eigenvalue weighted by molar-refractivity contribution is 0.276. The Morgan fingerprint density at radius 3 is 2.73 bits per heavy atom. The standard InChI is InChI=1S/C8H15NOS/c1-4-7-5-10-8(11)9(7)6(2)3/h6-7H,4-5H2,1-3H3/t7-/m0/s1. The van der Waals surface area contributed by atoms with Crippen LogP contribution in [0.3, 0.4) is 0 Å². The maximum atomic E-state index is 5.29. The maximum absolute atomic E-state index is 5.29. The van der Waals surface area contributed by atoms with Gasteiger partial charge in [0.1, 0.15) is 6.61 Å². The summed E-state index contributed by atoms with van der Waals surface area (Å²) in [5.41, 5.74) is 0. The Balaban J connectivity index is 2.63. The van der Waals surface area contributed by atoms with E-state index in [1.807, 2.05) is 0 Å². The maximum Gasteiger partial charge on any atom is 0.259 e. The SMILES string of the molecule is CC[C@H]1COC(=S)N1C(C)C. The lowest BCUT2D eigenvalue weighted by atomic mass is 10.2. The number of rotatable bonds is 2. The molecule has 1 atom stereocenters. The zero-order valence-corrected chi connectivity index (χ0v) is 8.15. The highest BCUT2D eigenvalue weighted by atomic mass is 32.1. The number of ether oxygens (including phenoxy) is 1. The van der Waals surface area contributed by atoms with Gasteiger partial charge in [-0.3, -0.25) is 0 Å². The average Bonchev–Trinajstić information content (AvgIpc) is 2.30. The fourth-order valence-corrected chi connectivity index (χ4v) is 1.85. The average molecular weight is 173 g/mol. The molecule has 0 spiro atoms. The predicted octanol–water partition coefficient (Wildman–Crippen LogP) is 1.79. The van der Waals surface area contributed by atoms with Gasteiger partial charge in [0, 0.05) is 6.04 Å². The Morgan fingerprint density at radius 2 is 2.36 bits per heavy atom. The zero-order valence-electron chi connectivity index (χ0n) is 7.33. The van der Waals surface area contributed by atoms with E-state index in [1.54, 1.807) is 0 Å². The van der Waals surface area contributed by atoms with Crippen molar-refractivity contribution in [2.75, 3.05) is 6.61 Å². The molecule has 1 aliphatic rings. The molecule has 0 aromatic rings. The van der Waals surface area contributed by atoms with Crippen LogP contribution in [-0.4, -0.2) is 28.8 Å². The first-order valence-corrected chi connectivity index (χ1v) is 4.52.